The van der Waals surface area contributed by atoms with Crippen LogP contribution in [-0.4, -0.2) is 20.0 Å². The largest absolute Gasteiger partial charge is 0.497 e. The molecule has 208 valence electrons. The highest BCUT2D eigenvalue weighted by Gasteiger charge is 2.53. The van der Waals surface area contributed by atoms with E-state index in [-0.39, 0.29) is 17.8 Å². The third kappa shape index (κ3) is 8.60. The van der Waals surface area contributed by atoms with Crippen LogP contribution in [0.25, 0.3) is 0 Å². The van der Waals surface area contributed by atoms with Gasteiger partial charge in [0.05, 0.1) is 13.8 Å². The number of aryl methyl sites for hydroxylation is 3. The lowest BCUT2D eigenvalue weighted by Gasteiger charge is -2.33. The lowest BCUT2D eigenvalue weighted by molar-refractivity contribution is -0.173. The first-order valence-corrected chi connectivity index (χ1v) is 12.6. The van der Waals surface area contributed by atoms with Crippen molar-refractivity contribution >= 4 is 0 Å². The molecule has 0 bridgehead atoms. The van der Waals surface area contributed by atoms with E-state index in [1.807, 2.05) is 56.3 Å². The summed E-state index contributed by atoms with van der Waals surface area (Å²) in [5.41, 5.74) is 1.65. The summed E-state index contributed by atoms with van der Waals surface area (Å²) in [7, 11) is 1.67. The van der Waals surface area contributed by atoms with Crippen molar-refractivity contribution in [3.63, 3.8) is 0 Å². The maximum atomic E-state index is 14.0. The van der Waals surface area contributed by atoms with Gasteiger partial charge in [0.1, 0.15) is 22.7 Å². The summed E-state index contributed by atoms with van der Waals surface area (Å²) >= 11 is 0. The lowest BCUT2D eigenvalue weighted by Crippen LogP contribution is -2.40. The quantitative estimate of drug-likeness (QED) is 0.235. The SMILES string of the molecule is CCF.COc1ccc(C)cc1.Cc1ccc(Oc2ccc(C(C)(c3ccccc3)C(F)(F)F)cc2)c(C)c1. The van der Waals surface area contributed by atoms with E-state index in [1.165, 1.54) is 43.7 Å². The fourth-order valence-electron chi connectivity index (χ4n) is 3.84. The Morgan fingerprint density at radius 1 is 0.667 bits per heavy atom. The number of rotatable bonds is 5. The van der Waals surface area contributed by atoms with Crippen LogP contribution < -0.4 is 9.47 Å². The van der Waals surface area contributed by atoms with Crippen molar-refractivity contribution in [1.82, 2.24) is 0 Å². The normalized spacial score (nSPS) is 12.2. The van der Waals surface area contributed by atoms with Crippen LogP contribution >= 0.6 is 0 Å². The van der Waals surface area contributed by atoms with Gasteiger partial charge in [0.15, 0.2) is 0 Å². The minimum absolute atomic E-state index is 0.175. The lowest BCUT2D eigenvalue weighted by atomic mass is 9.75. The van der Waals surface area contributed by atoms with Crippen molar-refractivity contribution in [2.24, 2.45) is 0 Å². The van der Waals surface area contributed by atoms with Gasteiger partial charge in [-0.2, -0.15) is 13.2 Å². The number of methoxy groups -OCH3 is 1. The maximum Gasteiger partial charge on any atom is 0.402 e. The molecule has 1 unspecified atom stereocenters. The molecule has 39 heavy (non-hydrogen) atoms. The summed E-state index contributed by atoms with van der Waals surface area (Å²) in [5.74, 6) is 2.11. The second-order valence-electron chi connectivity index (χ2n) is 9.17. The van der Waals surface area contributed by atoms with Crippen LogP contribution in [0.3, 0.4) is 0 Å². The van der Waals surface area contributed by atoms with Crippen LogP contribution in [0, 0.1) is 20.8 Å². The van der Waals surface area contributed by atoms with Crippen molar-refractivity contribution in [2.75, 3.05) is 13.8 Å². The van der Waals surface area contributed by atoms with Crippen LogP contribution in [0.5, 0.6) is 17.2 Å². The van der Waals surface area contributed by atoms with Gasteiger partial charge < -0.3 is 9.47 Å². The van der Waals surface area contributed by atoms with Crippen LogP contribution in [-0.2, 0) is 5.41 Å². The average molecular weight is 541 g/mol. The zero-order chi connectivity index (χ0) is 29.1. The standard InChI is InChI=1S/C23H21F3O.C8H10O.C2H5F/c1-16-9-14-21(17(2)15-16)27-20-12-10-19(11-13-20)22(3,23(24,25)26)18-7-5-4-6-8-18;1-7-3-5-8(9-2)6-4-7;1-2-3/h4-15H,1-3H3;3-6H,1-2H3;2H2,1H3. The van der Waals surface area contributed by atoms with Crippen LogP contribution in [0.15, 0.2) is 97.1 Å². The van der Waals surface area contributed by atoms with E-state index in [2.05, 4.69) is 6.92 Å². The van der Waals surface area contributed by atoms with E-state index in [1.54, 1.807) is 37.4 Å². The molecule has 0 radical (unpaired) electrons. The highest BCUT2D eigenvalue weighted by atomic mass is 19.4. The van der Waals surface area contributed by atoms with Gasteiger partial charge in [-0.05, 0) is 81.6 Å². The highest BCUT2D eigenvalue weighted by Crippen LogP contribution is 2.46. The van der Waals surface area contributed by atoms with Crippen molar-refractivity contribution in [3.05, 3.63) is 125 Å². The van der Waals surface area contributed by atoms with Gasteiger partial charge in [-0.3, -0.25) is 4.39 Å². The van der Waals surface area contributed by atoms with Gasteiger partial charge in [-0.15, -0.1) is 0 Å². The Balaban J connectivity index is 0.000000370. The smallest absolute Gasteiger partial charge is 0.402 e. The van der Waals surface area contributed by atoms with Gasteiger partial charge in [0, 0.05) is 0 Å². The summed E-state index contributed by atoms with van der Waals surface area (Å²) in [6.07, 6.45) is -4.43. The number of ether oxygens (including phenoxy) is 2. The molecule has 0 fully saturated rings. The molecule has 0 aliphatic heterocycles. The predicted octanol–water partition coefficient (Wildman–Crippen LogP) is 9.94. The first-order valence-electron chi connectivity index (χ1n) is 12.6. The monoisotopic (exact) mass is 540 g/mol. The minimum atomic E-state index is -4.43. The minimum Gasteiger partial charge on any atom is -0.497 e. The molecule has 0 spiro atoms. The summed E-state index contributed by atoms with van der Waals surface area (Å²) in [5, 5.41) is 0. The average Bonchev–Trinajstić information content (AvgIpc) is 2.91. The summed E-state index contributed by atoms with van der Waals surface area (Å²) < 4.78 is 63.1. The Morgan fingerprint density at radius 3 is 1.64 bits per heavy atom. The van der Waals surface area contributed by atoms with E-state index >= 15 is 0 Å². The van der Waals surface area contributed by atoms with Gasteiger partial charge in [0.25, 0.3) is 0 Å². The van der Waals surface area contributed by atoms with Crippen molar-refractivity contribution in [2.45, 2.75) is 46.2 Å². The first kappa shape index (κ1) is 31.4. The number of halogens is 4. The molecule has 4 aromatic carbocycles. The summed E-state index contributed by atoms with van der Waals surface area (Å²) in [6, 6.07) is 27.9. The Kier molecular flexibility index (Phi) is 11.6. The third-order valence-electron chi connectivity index (χ3n) is 6.16. The molecular weight excluding hydrogens is 504 g/mol. The van der Waals surface area contributed by atoms with Crippen molar-refractivity contribution in [1.29, 1.82) is 0 Å². The van der Waals surface area contributed by atoms with Crippen molar-refractivity contribution in [3.8, 4) is 17.2 Å². The molecule has 2 nitrogen and oxygen atoms in total. The molecule has 0 N–H and O–H groups in total. The van der Waals surface area contributed by atoms with Gasteiger partial charge in [-0.1, -0.05) is 77.9 Å². The number of hydrogen-bond acceptors (Lipinski definition) is 2. The highest BCUT2D eigenvalue weighted by molar-refractivity contribution is 5.44. The second-order valence-corrected chi connectivity index (χ2v) is 9.17. The van der Waals surface area contributed by atoms with Crippen molar-refractivity contribution < 1.29 is 27.0 Å². The zero-order valence-electron chi connectivity index (χ0n) is 23.3. The molecule has 0 saturated carbocycles. The maximum absolute atomic E-state index is 14.0. The molecule has 0 aromatic heterocycles. The molecule has 0 amide bonds. The predicted molar refractivity (Wildman–Crippen MR) is 151 cm³/mol. The Bertz CT molecular complexity index is 1270. The second kappa shape index (κ2) is 14.4. The third-order valence-corrected chi connectivity index (χ3v) is 6.16. The van der Waals surface area contributed by atoms with E-state index in [4.69, 9.17) is 9.47 Å². The fourth-order valence-corrected chi connectivity index (χ4v) is 3.84. The molecule has 0 aliphatic rings. The van der Waals surface area contributed by atoms with Crippen LogP contribution in [0.4, 0.5) is 17.6 Å². The van der Waals surface area contributed by atoms with E-state index in [0.29, 0.717) is 11.5 Å². The molecule has 6 heteroatoms. The Hall–Kier alpha value is -3.80. The zero-order valence-corrected chi connectivity index (χ0v) is 23.3. The molecule has 0 aliphatic carbocycles. The van der Waals surface area contributed by atoms with Gasteiger partial charge in [-0.25, -0.2) is 0 Å². The van der Waals surface area contributed by atoms with E-state index in [9.17, 15) is 17.6 Å². The van der Waals surface area contributed by atoms with E-state index in [0.717, 1.165) is 16.9 Å². The molecule has 4 rings (SSSR count). The Morgan fingerprint density at radius 2 is 1.15 bits per heavy atom. The Labute approximate surface area is 229 Å². The molecule has 4 aromatic rings. The molecular formula is C33H36F4O2. The first-order chi connectivity index (χ1) is 18.5. The number of hydrogen-bond donors (Lipinski definition) is 0. The van der Waals surface area contributed by atoms with Crippen LogP contribution in [0.2, 0.25) is 0 Å². The topological polar surface area (TPSA) is 18.5 Å². The van der Waals surface area contributed by atoms with Crippen LogP contribution in [0.1, 0.15) is 41.7 Å². The van der Waals surface area contributed by atoms with Gasteiger partial charge >= 0.3 is 6.18 Å². The number of benzene rings is 4. The molecule has 1 atom stereocenters. The summed E-state index contributed by atoms with van der Waals surface area (Å²) in [6.45, 7) is 8.40. The molecule has 0 heterocycles. The van der Waals surface area contributed by atoms with Gasteiger partial charge in [0.2, 0.25) is 0 Å². The number of alkyl halides is 4. The van der Waals surface area contributed by atoms with E-state index < -0.39 is 11.6 Å². The fraction of sp³-hybridized carbons (Fsp3) is 0.273. The molecule has 0 saturated heterocycles. The summed E-state index contributed by atoms with van der Waals surface area (Å²) in [4.78, 5) is 0.